The molecule has 0 radical (unpaired) electrons. The van der Waals surface area contributed by atoms with Crippen molar-refractivity contribution in [1.82, 2.24) is 0 Å². The normalized spacial score (nSPS) is 25.5. The number of aliphatic hydroxyl groups excluding tert-OH is 3. The van der Waals surface area contributed by atoms with Gasteiger partial charge < -0.3 is 49.6 Å². The maximum absolute atomic E-state index is 12.6. The van der Waals surface area contributed by atoms with Crippen LogP contribution in [0.1, 0.15) is 34.0 Å². The molecule has 2 aliphatic rings. The van der Waals surface area contributed by atoms with Gasteiger partial charge >= 0.3 is 5.97 Å². The summed E-state index contributed by atoms with van der Waals surface area (Å²) in [5.41, 5.74) is 1.31. The van der Waals surface area contributed by atoms with Crippen LogP contribution in [0.4, 0.5) is 0 Å². The van der Waals surface area contributed by atoms with Crippen LogP contribution in [0.15, 0.2) is 66.7 Å². The Morgan fingerprint density at radius 1 is 0.905 bits per heavy atom. The molecule has 0 saturated carbocycles. The van der Waals surface area contributed by atoms with E-state index in [1.807, 2.05) is 0 Å². The molecule has 6 N–H and O–H groups in total. The molecule has 42 heavy (non-hydrogen) atoms. The number of phenolic OH excluding ortho intramolecular Hbond substituents is 3. The zero-order valence-corrected chi connectivity index (χ0v) is 21.9. The topological polar surface area (TPSA) is 192 Å². The Hall–Kier alpha value is -4.62. The number of esters is 1. The van der Waals surface area contributed by atoms with Crippen molar-refractivity contribution in [3.63, 3.8) is 0 Å². The van der Waals surface area contributed by atoms with Crippen molar-refractivity contribution in [2.24, 2.45) is 0 Å². The fourth-order valence-electron chi connectivity index (χ4n) is 4.59. The number of benzene rings is 3. The molecule has 6 atom stereocenters. The second-order valence-corrected chi connectivity index (χ2v) is 9.83. The molecule has 0 aromatic heterocycles. The van der Waals surface area contributed by atoms with Gasteiger partial charge in [0.1, 0.15) is 54.4 Å². The number of aliphatic hydroxyl groups is 3. The Bertz CT molecular complexity index is 1470. The zero-order valence-electron chi connectivity index (χ0n) is 21.9. The summed E-state index contributed by atoms with van der Waals surface area (Å²) in [6, 6.07) is 14.7. The number of hydrogen-bond acceptors (Lipinski definition) is 12. The first-order chi connectivity index (χ1) is 20.1. The molecule has 12 heteroatoms. The Labute approximate surface area is 239 Å². The summed E-state index contributed by atoms with van der Waals surface area (Å²) in [7, 11) is 0. The highest BCUT2D eigenvalue weighted by Gasteiger charge is 2.45. The van der Waals surface area contributed by atoms with Crippen LogP contribution < -0.4 is 9.47 Å². The number of carbonyl (C=O) groups excluding carboxylic acids is 2. The molecule has 12 nitrogen and oxygen atoms in total. The molecule has 3 aromatic rings. The second-order valence-electron chi connectivity index (χ2n) is 9.83. The second kappa shape index (κ2) is 12.1. The zero-order chi connectivity index (χ0) is 30.0. The summed E-state index contributed by atoms with van der Waals surface area (Å²) >= 11 is 0. The largest absolute Gasteiger partial charge is 0.508 e. The molecule has 2 aliphatic heterocycles. The number of ether oxygens (including phenoxy) is 4. The van der Waals surface area contributed by atoms with Crippen LogP contribution in [0, 0.1) is 0 Å². The van der Waals surface area contributed by atoms with Gasteiger partial charge in [0.25, 0.3) is 0 Å². The summed E-state index contributed by atoms with van der Waals surface area (Å²) in [5.74, 6) is -1.41. The Balaban J connectivity index is 1.20. The van der Waals surface area contributed by atoms with E-state index in [4.69, 9.17) is 18.9 Å². The molecule has 1 saturated heterocycles. The van der Waals surface area contributed by atoms with Crippen LogP contribution in [-0.4, -0.2) is 79.7 Å². The maximum Gasteiger partial charge on any atom is 0.330 e. The molecule has 0 unspecified atom stereocenters. The molecule has 220 valence electrons. The predicted molar refractivity (Wildman–Crippen MR) is 144 cm³/mol. The van der Waals surface area contributed by atoms with Gasteiger partial charge in [-0.15, -0.1) is 0 Å². The van der Waals surface area contributed by atoms with Gasteiger partial charge in [0.15, 0.2) is 17.3 Å². The minimum absolute atomic E-state index is 0.0248. The molecule has 0 amide bonds. The van der Waals surface area contributed by atoms with Gasteiger partial charge in [0.05, 0.1) is 12.0 Å². The quantitative estimate of drug-likeness (QED) is 0.176. The van der Waals surface area contributed by atoms with E-state index in [2.05, 4.69) is 0 Å². The molecule has 0 bridgehead atoms. The number of hydrogen-bond donors (Lipinski definition) is 6. The lowest BCUT2D eigenvalue weighted by atomic mass is 9.95. The number of Topliss-reactive ketones (excluding diaryl/α,β-unsaturated/α-hetero) is 1. The van der Waals surface area contributed by atoms with E-state index in [1.165, 1.54) is 36.4 Å². The van der Waals surface area contributed by atoms with Crippen molar-refractivity contribution < 1.29 is 59.2 Å². The van der Waals surface area contributed by atoms with E-state index in [9.17, 15) is 40.2 Å². The van der Waals surface area contributed by atoms with Crippen molar-refractivity contribution in [2.45, 2.75) is 43.2 Å². The van der Waals surface area contributed by atoms with Crippen molar-refractivity contribution in [3.8, 4) is 28.7 Å². The number of phenols is 3. The molecule has 0 spiro atoms. The molecule has 1 fully saturated rings. The van der Waals surface area contributed by atoms with Crippen LogP contribution in [0.25, 0.3) is 6.08 Å². The first-order valence-corrected chi connectivity index (χ1v) is 12.9. The summed E-state index contributed by atoms with van der Waals surface area (Å²) < 4.78 is 22.2. The molecule has 2 heterocycles. The van der Waals surface area contributed by atoms with Crippen LogP contribution in [0.2, 0.25) is 0 Å². The summed E-state index contributed by atoms with van der Waals surface area (Å²) in [5, 5.41) is 60.2. The Morgan fingerprint density at radius 2 is 1.62 bits per heavy atom. The predicted octanol–water partition coefficient (Wildman–Crippen LogP) is 1.95. The molecular formula is C30H28O12. The fourth-order valence-corrected chi connectivity index (χ4v) is 4.59. The van der Waals surface area contributed by atoms with Gasteiger partial charge in [-0.2, -0.15) is 0 Å². The van der Waals surface area contributed by atoms with E-state index in [1.54, 1.807) is 24.3 Å². The third-order valence-corrected chi connectivity index (χ3v) is 6.85. The van der Waals surface area contributed by atoms with Crippen molar-refractivity contribution in [1.29, 1.82) is 0 Å². The molecule has 0 aliphatic carbocycles. The van der Waals surface area contributed by atoms with Crippen molar-refractivity contribution in [2.75, 3.05) is 6.61 Å². The maximum atomic E-state index is 12.6. The third-order valence-electron chi connectivity index (χ3n) is 6.85. The van der Waals surface area contributed by atoms with Crippen LogP contribution in [0.5, 0.6) is 28.7 Å². The van der Waals surface area contributed by atoms with Gasteiger partial charge in [-0.3, -0.25) is 4.79 Å². The lowest BCUT2D eigenvalue weighted by Gasteiger charge is -2.39. The van der Waals surface area contributed by atoms with E-state index in [0.29, 0.717) is 11.1 Å². The monoisotopic (exact) mass is 580 g/mol. The third kappa shape index (κ3) is 6.31. The van der Waals surface area contributed by atoms with Crippen molar-refractivity contribution >= 4 is 17.8 Å². The first-order valence-electron chi connectivity index (χ1n) is 12.9. The van der Waals surface area contributed by atoms with E-state index >= 15 is 0 Å². The molecular weight excluding hydrogens is 552 g/mol. The summed E-state index contributed by atoms with van der Waals surface area (Å²) in [6.07, 6.45) is -5.63. The lowest BCUT2D eigenvalue weighted by Crippen LogP contribution is -2.60. The molecule has 5 rings (SSSR count). The van der Waals surface area contributed by atoms with Gasteiger partial charge in [-0.25, -0.2) is 4.79 Å². The van der Waals surface area contributed by atoms with Gasteiger partial charge in [0, 0.05) is 12.1 Å². The van der Waals surface area contributed by atoms with E-state index in [0.717, 1.165) is 12.1 Å². The van der Waals surface area contributed by atoms with E-state index < -0.39 is 49.4 Å². The van der Waals surface area contributed by atoms with Gasteiger partial charge in [-0.05, 0) is 47.5 Å². The van der Waals surface area contributed by atoms with Crippen LogP contribution in [-0.2, 0) is 14.3 Å². The summed E-state index contributed by atoms with van der Waals surface area (Å²) in [6.45, 7) is -0.443. The highest BCUT2D eigenvalue weighted by Crippen LogP contribution is 2.43. The first kappa shape index (κ1) is 28.9. The number of fused-ring (bicyclic) bond motifs is 1. The number of rotatable bonds is 7. The molecule has 3 aromatic carbocycles. The average Bonchev–Trinajstić information content (AvgIpc) is 2.97. The minimum Gasteiger partial charge on any atom is -0.508 e. The minimum atomic E-state index is -1.66. The van der Waals surface area contributed by atoms with Crippen LogP contribution >= 0.6 is 0 Å². The van der Waals surface area contributed by atoms with Gasteiger partial charge in [-0.1, -0.05) is 24.3 Å². The smallest absolute Gasteiger partial charge is 0.330 e. The number of carbonyl (C=O) groups is 2. The SMILES string of the molecule is O=C(/C=C/c1ccc(O)cc1)OC[C@H]1O[C@@H](Oc2ccc([C@@H]3CC(=O)c4cc(O)cc(O)c4O3)cc2)[C@H](O)[C@@H](O)[C@@H]1O. The van der Waals surface area contributed by atoms with Crippen LogP contribution in [0.3, 0.4) is 0 Å². The average molecular weight is 581 g/mol. The Kier molecular flexibility index (Phi) is 8.31. The highest BCUT2D eigenvalue weighted by atomic mass is 16.7. The Morgan fingerprint density at radius 3 is 2.33 bits per heavy atom. The summed E-state index contributed by atoms with van der Waals surface area (Å²) in [4.78, 5) is 24.7. The standard InChI is InChI=1S/C30H28O12/c31-17-6-1-15(2-7-17)3-10-25(35)39-14-24-26(36)27(37)28(38)30(42-24)40-19-8-4-16(5-9-19)23-13-21(33)20-11-18(32)12-22(34)29(20)41-23/h1-12,23-24,26-28,30-32,34,36-38H,13-14H2/b10-3+/t23-,24+,26+,27-,28+,30+/m0/s1. The van der Waals surface area contributed by atoms with E-state index in [-0.39, 0.29) is 46.5 Å². The lowest BCUT2D eigenvalue weighted by molar-refractivity contribution is -0.278. The van der Waals surface area contributed by atoms with Gasteiger partial charge in [0.2, 0.25) is 6.29 Å². The highest BCUT2D eigenvalue weighted by molar-refractivity contribution is 6.01. The number of ketones is 1. The van der Waals surface area contributed by atoms with Crippen molar-refractivity contribution in [3.05, 3.63) is 83.4 Å². The number of aromatic hydroxyl groups is 3. The fraction of sp³-hybridized carbons (Fsp3) is 0.267.